The van der Waals surface area contributed by atoms with Crippen molar-refractivity contribution < 1.29 is 4.74 Å². The lowest BCUT2D eigenvalue weighted by molar-refractivity contribution is 0.356. The number of fused-ring (bicyclic) bond motifs is 1. The topological polar surface area (TPSA) is 9.23 Å². The number of hydrogen-bond acceptors (Lipinski definition) is 1. The van der Waals surface area contributed by atoms with Crippen LogP contribution in [-0.4, -0.2) is 6.61 Å². The van der Waals surface area contributed by atoms with E-state index in [4.69, 9.17) is 4.74 Å². The number of ether oxygens (including phenoxy) is 1. The first-order valence-corrected chi connectivity index (χ1v) is 5.48. The minimum Gasteiger partial charge on any atom is -0.493 e. The predicted molar refractivity (Wildman–Crippen MR) is 59.1 cm³/mol. The van der Waals surface area contributed by atoms with Gasteiger partial charge in [0.1, 0.15) is 5.75 Å². The van der Waals surface area contributed by atoms with Gasteiger partial charge < -0.3 is 4.74 Å². The lowest BCUT2D eigenvalue weighted by atomic mass is 9.91. The molecule has 0 amide bonds. The summed E-state index contributed by atoms with van der Waals surface area (Å²) in [5, 5.41) is 0. The highest BCUT2D eigenvalue weighted by Crippen LogP contribution is 2.34. The Labute approximate surface area is 86.1 Å². The molecule has 1 nitrogen and oxygen atoms in total. The average molecular weight is 190 g/mol. The molecule has 0 saturated heterocycles. The van der Waals surface area contributed by atoms with Crippen LogP contribution >= 0.6 is 0 Å². The van der Waals surface area contributed by atoms with Gasteiger partial charge in [-0.25, -0.2) is 0 Å². The minimum absolute atomic E-state index is 0.658. The largest absolute Gasteiger partial charge is 0.493 e. The Morgan fingerprint density at radius 3 is 2.93 bits per heavy atom. The SMILES string of the molecule is CCC(C)c1cc(C)cc2c1CCO2. The highest BCUT2D eigenvalue weighted by Gasteiger charge is 2.19. The van der Waals surface area contributed by atoms with Crippen LogP contribution in [0.25, 0.3) is 0 Å². The molecule has 0 spiro atoms. The van der Waals surface area contributed by atoms with Crippen molar-refractivity contribution in [3.63, 3.8) is 0 Å². The molecule has 76 valence electrons. The molecule has 0 N–H and O–H groups in total. The summed E-state index contributed by atoms with van der Waals surface area (Å²) < 4.78 is 5.61. The van der Waals surface area contributed by atoms with Crippen molar-refractivity contribution in [3.8, 4) is 5.75 Å². The second kappa shape index (κ2) is 3.64. The second-order valence-corrected chi connectivity index (χ2v) is 4.24. The second-order valence-electron chi connectivity index (χ2n) is 4.24. The predicted octanol–water partition coefficient (Wildman–Crippen LogP) is 3.44. The van der Waals surface area contributed by atoms with Crippen LogP contribution in [0.5, 0.6) is 5.75 Å². The first-order chi connectivity index (χ1) is 6.72. The van der Waals surface area contributed by atoms with Crippen molar-refractivity contribution in [1.82, 2.24) is 0 Å². The van der Waals surface area contributed by atoms with Crippen molar-refractivity contribution in [3.05, 3.63) is 28.8 Å². The summed E-state index contributed by atoms with van der Waals surface area (Å²) >= 11 is 0. The monoisotopic (exact) mass is 190 g/mol. The third-order valence-electron chi connectivity index (χ3n) is 3.14. The Morgan fingerprint density at radius 2 is 2.21 bits per heavy atom. The van der Waals surface area contributed by atoms with Gasteiger partial charge in [-0.3, -0.25) is 0 Å². The van der Waals surface area contributed by atoms with E-state index in [2.05, 4.69) is 32.9 Å². The maximum atomic E-state index is 5.61. The third-order valence-corrected chi connectivity index (χ3v) is 3.14. The molecule has 1 aliphatic heterocycles. The molecular formula is C13H18O. The number of benzene rings is 1. The molecule has 0 saturated carbocycles. The average Bonchev–Trinajstić information content (AvgIpc) is 2.62. The minimum atomic E-state index is 0.658. The van der Waals surface area contributed by atoms with E-state index in [-0.39, 0.29) is 0 Å². The van der Waals surface area contributed by atoms with Gasteiger partial charge in [0.15, 0.2) is 0 Å². The first kappa shape index (κ1) is 9.57. The van der Waals surface area contributed by atoms with Crippen LogP contribution in [0.3, 0.4) is 0 Å². The fourth-order valence-electron chi connectivity index (χ4n) is 2.13. The van der Waals surface area contributed by atoms with E-state index >= 15 is 0 Å². The van der Waals surface area contributed by atoms with E-state index in [0.717, 1.165) is 18.8 Å². The highest BCUT2D eigenvalue weighted by molar-refractivity contribution is 5.47. The van der Waals surface area contributed by atoms with Crippen molar-refractivity contribution in [2.24, 2.45) is 0 Å². The van der Waals surface area contributed by atoms with Gasteiger partial charge in [0, 0.05) is 12.0 Å². The third kappa shape index (κ3) is 1.52. The molecule has 1 atom stereocenters. The molecule has 0 aliphatic carbocycles. The highest BCUT2D eigenvalue weighted by atomic mass is 16.5. The maximum absolute atomic E-state index is 5.61. The first-order valence-electron chi connectivity index (χ1n) is 5.48. The summed E-state index contributed by atoms with van der Waals surface area (Å²) in [6, 6.07) is 4.48. The lowest BCUT2D eigenvalue weighted by Crippen LogP contribution is -1.97. The molecule has 0 radical (unpaired) electrons. The molecule has 1 aliphatic rings. The molecule has 1 heterocycles. The van der Waals surface area contributed by atoms with Crippen LogP contribution in [0.2, 0.25) is 0 Å². The van der Waals surface area contributed by atoms with Crippen molar-refractivity contribution in [1.29, 1.82) is 0 Å². The van der Waals surface area contributed by atoms with Crippen molar-refractivity contribution in [2.45, 2.75) is 39.5 Å². The molecule has 14 heavy (non-hydrogen) atoms. The van der Waals surface area contributed by atoms with Crippen LogP contribution < -0.4 is 4.74 Å². The van der Waals surface area contributed by atoms with Crippen LogP contribution in [0.4, 0.5) is 0 Å². The van der Waals surface area contributed by atoms with Gasteiger partial charge >= 0.3 is 0 Å². The molecule has 0 fully saturated rings. The molecule has 0 bridgehead atoms. The summed E-state index contributed by atoms with van der Waals surface area (Å²) in [4.78, 5) is 0. The Morgan fingerprint density at radius 1 is 1.43 bits per heavy atom. The Hall–Kier alpha value is -0.980. The van der Waals surface area contributed by atoms with Crippen LogP contribution in [0.1, 0.15) is 42.9 Å². The smallest absolute Gasteiger partial charge is 0.123 e. The summed E-state index contributed by atoms with van der Waals surface area (Å²) in [6.07, 6.45) is 2.30. The van der Waals surface area contributed by atoms with Crippen LogP contribution in [0, 0.1) is 6.92 Å². The summed E-state index contributed by atoms with van der Waals surface area (Å²) in [7, 11) is 0. The molecule has 0 aromatic heterocycles. The zero-order chi connectivity index (χ0) is 10.1. The molecule has 1 aromatic rings. The lowest BCUT2D eigenvalue weighted by Gasteiger charge is -2.14. The van der Waals surface area contributed by atoms with E-state index in [9.17, 15) is 0 Å². The molecule has 1 unspecified atom stereocenters. The number of hydrogen-bond donors (Lipinski definition) is 0. The Balaban J connectivity index is 2.48. The number of aryl methyl sites for hydroxylation is 1. The van der Waals surface area contributed by atoms with E-state index in [1.807, 2.05) is 0 Å². The van der Waals surface area contributed by atoms with Gasteiger partial charge in [-0.15, -0.1) is 0 Å². The number of rotatable bonds is 2. The van der Waals surface area contributed by atoms with E-state index in [1.54, 1.807) is 0 Å². The maximum Gasteiger partial charge on any atom is 0.123 e. The summed E-state index contributed by atoms with van der Waals surface area (Å²) in [6.45, 7) is 7.55. The molecule has 2 rings (SSSR count). The van der Waals surface area contributed by atoms with Gasteiger partial charge in [0.25, 0.3) is 0 Å². The van der Waals surface area contributed by atoms with Gasteiger partial charge in [0.2, 0.25) is 0 Å². The van der Waals surface area contributed by atoms with Crippen molar-refractivity contribution >= 4 is 0 Å². The van der Waals surface area contributed by atoms with Crippen LogP contribution in [-0.2, 0) is 6.42 Å². The fraction of sp³-hybridized carbons (Fsp3) is 0.538. The van der Waals surface area contributed by atoms with Gasteiger partial charge in [-0.2, -0.15) is 0 Å². The summed E-state index contributed by atoms with van der Waals surface area (Å²) in [5.74, 6) is 1.78. The molecule has 1 heteroatoms. The van der Waals surface area contributed by atoms with Gasteiger partial charge in [0.05, 0.1) is 6.61 Å². The zero-order valence-corrected chi connectivity index (χ0v) is 9.26. The normalized spacial score (nSPS) is 16.2. The van der Waals surface area contributed by atoms with Crippen molar-refractivity contribution in [2.75, 3.05) is 6.61 Å². The van der Waals surface area contributed by atoms with E-state index in [0.29, 0.717) is 5.92 Å². The molecule has 1 aromatic carbocycles. The molecular weight excluding hydrogens is 172 g/mol. The van der Waals surface area contributed by atoms with Gasteiger partial charge in [-0.05, 0) is 36.5 Å². The van der Waals surface area contributed by atoms with Crippen LogP contribution in [0.15, 0.2) is 12.1 Å². The Kier molecular flexibility index (Phi) is 2.49. The quantitative estimate of drug-likeness (QED) is 0.694. The Bertz CT molecular complexity index is 341. The fourth-order valence-corrected chi connectivity index (χ4v) is 2.13. The van der Waals surface area contributed by atoms with E-state index in [1.165, 1.54) is 23.1 Å². The van der Waals surface area contributed by atoms with Gasteiger partial charge in [-0.1, -0.05) is 19.9 Å². The summed E-state index contributed by atoms with van der Waals surface area (Å²) in [5.41, 5.74) is 4.27. The van der Waals surface area contributed by atoms with E-state index < -0.39 is 0 Å². The zero-order valence-electron chi connectivity index (χ0n) is 9.26. The standard InChI is InChI=1S/C13H18O/c1-4-10(3)12-7-9(2)8-13-11(12)5-6-14-13/h7-8,10H,4-6H2,1-3H3.